The molecule has 0 fully saturated rings. The van der Waals surface area contributed by atoms with Gasteiger partial charge in [0.15, 0.2) is 5.78 Å². The quantitative estimate of drug-likeness (QED) is 0.194. The molecule has 4 N–H and O–H groups in total. The number of halogens is 1. The topological polar surface area (TPSA) is 91.5 Å². The normalized spacial score (nSPS) is 10.8. The molecule has 0 aliphatic heterocycles. The van der Waals surface area contributed by atoms with E-state index in [-0.39, 0.29) is 24.6 Å². The second kappa shape index (κ2) is 9.42. The highest BCUT2D eigenvalue weighted by molar-refractivity contribution is 6.17. The third-order valence-electron chi connectivity index (χ3n) is 5.68. The van der Waals surface area contributed by atoms with Crippen molar-refractivity contribution in [3.63, 3.8) is 0 Å². The zero-order valence-electron chi connectivity index (χ0n) is 18.3. The molecule has 166 valence electrons. The summed E-state index contributed by atoms with van der Waals surface area (Å²) < 4.78 is 13.3. The molecule has 0 bridgehead atoms. The molecular formula is C25H26ClN3O3. The first kappa shape index (κ1) is 23.3. The van der Waals surface area contributed by atoms with Gasteiger partial charge >= 0.3 is 0 Å². The highest BCUT2D eigenvalue weighted by Crippen LogP contribution is 2.43. The van der Waals surface area contributed by atoms with E-state index in [9.17, 15) is 4.79 Å². The van der Waals surface area contributed by atoms with Crippen LogP contribution in [0.25, 0.3) is 32.9 Å². The Bertz CT molecular complexity index is 1320. The van der Waals surface area contributed by atoms with Crippen LogP contribution in [0.1, 0.15) is 16.8 Å². The number of methoxy groups -OCH3 is 2. The van der Waals surface area contributed by atoms with Crippen molar-refractivity contribution in [2.24, 2.45) is 12.8 Å². The Hall–Kier alpha value is -3.35. The molecule has 0 saturated carbocycles. The van der Waals surface area contributed by atoms with Crippen LogP contribution in [0.2, 0.25) is 0 Å². The number of aromatic nitrogens is 1. The van der Waals surface area contributed by atoms with Crippen LogP contribution in [0.3, 0.4) is 0 Å². The third-order valence-corrected chi connectivity index (χ3v) is 5.68. The first-order valence-electron chi connectivity index (χ1n) is 10.1. The van der Waals surface area contributed by atoms with E-state index in [4.69, 9.17) is 20.9 Å². The Labute approximate surface area is 193 Å². The number of nitrogens with two attached hydrogens (primary N) is 2. The molecule has 7 heteroatoms. The molecule has 1 heterocycles. The number of aryl methyl sites for hydroxylation is 1. The Kier molecular flexibility index (Phi) is 6.87. The van der Waals surface area contributed by atoms with Gasteiger partial charge in [-0.3, -0.25) is 4.79 Å². The van der Waals surface area contributed by atoms with Gasteiger partial charge in [-0.15, -0.1) is 0 Å². The monoisotopic (exact) mass is 451 g/mol. The summed E-state index contributed by atoms with van der Waals surface area (Å²) in [5.74, 6) is 1.16. The smallest absolute Gasteiger partial charge is 0.214 e. The maximum atomic E-state index is 13.1. The number of para-hydroxylation sites is 1. The summed E-state index contributed by atoms with van der Waals surface area (Å²) in [6, 6.07) is 17.5. The SMILES string of the molecule is COc1cc(-c2c3ccccc3[n+](C)c3cccc(C(=O)CCN)c23)c(OC)cc1N.[Cl-]. The zero-order valence-corrected chi connectivity index (χ0v) is 19.1. The van der Waals surface area contributed by atoms with Gasteiger partial charge in [-0.1, -0.05) is 24.3 Å². The van der Waals surface area contributed by atoms with Gasteiger partial charge in [-0.05, 0) is 18.7 Å². The summed E-state index contributed by atoms with van der Waals surface area (Å²) >= 11 is 0. The largest absolute Gasteiger partial charge is 1.00 e. The molecule has 3 aromatic carbocycles. The standard InChI is InChI=1S/C25H25N3O3.ClH/c1-28-19-9-5-4-7-15(19)24(17-13-23(31-3)18(27)14-22(17)30-2)25-16(21(29)11-12-26)8-6-10-20(25)28;/h4-10,13-14,27H,11-12,26H2,1-3H3;1H. The number of ketones is 1. The fourth-order valence-electron chi connectivity index (χ4n) is 4.22. The Balaban J connectivity index is 0.00000289. The van der Waals surface area contributed by atoms with E-state index in [1.54, 1.807) is 20.3 Å². The predicted molar refractivity (Wildman–Crippen MR) is 124 cm³/mol. The van der Waals surface area contributed by atoms with Crippen LogP contribution in [-0.4, -0.2) is 26.5 Å². The Morgan fingerprint density at radius 3 is 2.34 bits per heavy atom. The van der Waals surface area contributed by atoms with Crippen LogP contribution in [0.5, 0.6) is 11.5 Å². The van der Waals surface area contributed by atoms with Gasteiger partial charge in [0, 0.05) is 41.3 Å². The zero-order chi connectivity index (χ0) is 22.1. The van der Waals surface area contributed by atoms with Crippen molar-refractivity contribution in [1.29, 1.82) is 0 Å². The summed E-state index contributed by atoms with van der Waals surface area (Å²) in [6.07, 6.45) is 0.275. The summed E-state index contributed by atoms with van der Waals surface area (Å²) in [6.45, 7) is 0.295. The molecular weight excluding hydrogens is 426 g/mol. The number of carbonyl (C=O) groups is 1. The van der Waals surface area contributed by atoms with Gasteiger partial charge in [0.25, 0.3) is 0 Å². The molecule has 0 saturated heterocycles. The van der Waals surface area contributed by atoms with Gasteiger partial charge in [0.1, 0.15) is 18.5 Å². The number of anilines is 1. The van der Waals surface area contributed by atoms with E-state index >= 15 is 0 Å². The van der Waals surface area contributed by atoms with Gasteiger partial charge < -0.3 is 33.3 Å². The summed E-state index contributed by atoms with van der Waals surface area (Å²) in [5.41, 5.74) is 16.7. The molecule has 4 aromatic rings. The van der Waals surface area contributed by atoms with Crippen molar-refractivity contribution in [1.82, 2.24) is 0 Å². The molecule has 0 radical (unpaired) electrons. The predicted octanol–water partition coefficient (Wildman–Crippen LogP) is 0.619. The number of benzene rings is 3. The number of rotatable bonds is 6. The lowest BCUT2D eigenvalue weighted by atomic mass is 9.90. The van der Waals surface area contributed by atoms with E-state index in [1.165, 1.54) is 0 Å². The molecule has 32 heavy (non-hydrogen) atoms. The first-order valence-corrected chi connectivity index (χ1v) is 10.1. The number of fused-ring (bicyclic) bond motifs is 2. The van der Waals surface area contributed by atoms with E-state index in [0.717, 1.165) is 32.9 Å². The van der Waals surface area contributed by atoms with Gasteiger partial charge in [-0.2, -0.15) is 4.57 Å². The minimum Gasteiger partial charge on any atom is -1.00 e. The molecule has 0 amide bonds. The van der Waals surface area contributed by atoms with Crippen LogP contribution >= 0.6 is 0 Å². The van der Waals surface area contributed by atoms with Crippen LogP contribution in [0.4, 0.5) is 5.69 Å². The average molecular weight is 452 g/mol. The molecule has 4 rings (SSSR count). The molecule has 0 unspecified atom stereocenters. The second-order valence-electron chi connectivity index (χ2n) is 7.41. The summed E-state index contributed by atoms with van der Waals surface area (Å²) in [7, 11) is 5.20. The molecule has 0 aliphatic rings. The van der Waals surface area contributed by atoms with Crippen LogP contribution in [0, 0.1) is 0 Å². The highest BCUT2D eigenvalue weighted by Gasteiger charge is 2.26. The second-order valence-corrected chi connectivity index (χ2v) is 7.41. The van der Waals surface area contributed by atoms with Gasteiger partial charge in [-0.25, -0.2) is 0 Å². The van der Waals surface area contributed by atoms with Crippen molar-refractivity contribution >= 4 is 33.3 Å². The third kappa shape index (κ3) is 3.72. The van der Waals surface area contributed by atoms with Gasteiger partial charge in [0.05, 0.1) is 30.7 Å². The molecule has 1 aromatic heterocycles. The fraction of sp³-hybridized carbons (Fsp3) is 0.200. The lowest BCUT2D eigenvalue weighted by Crippen LogP contribution is -3.00. The van der Waals surface area contributed by atoms with E-state index in [1.807, 2.05) is 43.4 Å². The minimum absolute atomic E-state index is 0. The summed E-state index contributed by atoms with van der Waals surface area (Å²) in [5, 5.41) is 1.85. The van der Waals surface area contributed by atoms with E-state index in [2.05, 4.69) is 16.7 Å². The fourth-order valence-corrected chi connectivity index (χ4v) is 4.22. The number of hydrogen-bond acceptors (Lipinski definition) is 5. The van der Waals surface area contributed by atoms with Crippen molar-refractivity contribution in [3.05, 3.63) is 60.2 Å². The first-order chi connectivity index (χ1) is 15.0. The highest BCUT2D eigenvalue weighted by atomic mass is 35.5. The lowest BCUT2D eigenvalue weighted by molar-refractivity contribution is -0.617. The molecule has 0 spiro atoms. The van der Waals surface area contributed by atoms with Gasteiger partial charge in [0.2, 0.25) is 11.0 Å². The Morgan fingerprint density at radius 1 is 0.969 bits per heavy atom. The maximum absolute atomic E-state index is 13.1. The summed E-state index contributed by atoms with van der Waals surface area (Å²) in [4.78, 5) is 13.1. The van der Waals surface area contributed by atoms with Crippen LogP contribution < -0.4 is 37.9 Å². The van der Waals surface area contributed by atoms with Crippen LogP contribution in [0.15, 0.2) is 54.6 Å². The van der Waals surface area contributed by atoms with Crippen molar-refractivity contribution in [2.75, 3.05) is 26.5 Å². The Morgan fingerprint density at radius 2 is 1.66 bits per heavy atom. The number of ether oxygens (including phenoxy) is 2. The number of pyridine rings is 1. The van der Waals surface area contributed by atoms with E-state index < -0.39 is 0 Å². The van der Waals surface area contributed by atoms with Crippen molar-refractivity contribution < 1.29 is 31.2 Å². The van der Waals surface area contributed by atoms with Crippen molar-refractivity contribution in [3.8, 4) is 22.6 Å². The maximum Gasteiger partial charge on any atom is 0.214 e. The average Bonchev–Trinajstić information content (AvgIpc) is 2.79. The molecule has 0 aliphatic carbocycles. The molecule has 6 nitrogen and oxygen atoms in total. The van der Waals surface area contributed by atoms with Crippen LogP contribution in [-0.2, 0) is 7.05 Å². The lowest BCUT2D eigenvalue weighted by Gasteiger charge is -2.17. The molecule has 0 atom stereocenters. The number of carbonyl (C=O) groups excluding carboxylic acids is 1. The minimum atomic E-state index is 0. The van der Waals surface area contributed by atoms with E-state index in [0.29, 0.717) is 29.3 Å². The number of hydrogen-bond donors (Lipinski definition) is 2. The van der Waals surface area contributed by atoms with Crippen molar-refractivity contribution in [2.45, 2.75) is 6.42 Å². The number of nitrogens with zero attached hydrogens (tertiary/aromatic N) is 1. The number of nitrogen functional groups attached to an aromatic ring is 1. The number of Topliss-reactive ketones (excluding diaryl/α,β-unsaturated/α-hetero) is 1.